The number of nitrogens with one attached hydrogen (secondary N) is 4. The number of carbonyl (C=O) groups excluding carboxylic acids is 4. The van der Waals surface area contributed by atoms with Gasteiger partial charge in [-0.3, -0.25) is 19.2 Å². The number of hydrogen-bond acceptors (Lipinski definition) is 7. The van der Waals surface area contributed by atoms with Gasteiger partial charge in [-0.1, -0.05) is 68.4 Å². The molecule has 3 aromatic rings. The Morgan fingerprint density at radius 1 is 1.11 bits per heavy atom. The fraction of sp³-hybridized carbons (Fsp3) is 0.485. The molecule has 0 saturated carbocycles. The number of hydrogen-bond donors (Lipinski definition) is 5. The molecule has 0 bridgehead atoms. The predicted molar refractivity (Wildman–Crippen MR) is 170 cm³/mol. The number of rotatable bonds is 11. The van der Waals surface area contributed by atoms with Crippen LogP contribution < -0.4 is 21.3 Å². The zero-order valence-electron chi connectivity index (χ0n) is 26.4. The molecule has 4 rings (SSSR count). The molecule has 1 aliphatic heterocycles. The fourth-order valence-corrected chi connectivity index (χ4v) is 4.62. The molecule has 44 heavy (non-hydrogen) atoms. The van der Waals surface area contributed by atoms with Gasteiger partial charge in [0.15, 0.2) is 5.69 Å². The number of nitrogens with zero attached hydrogens (tertiary/aromatic N) is 1. The Morgan fingerprint density at radius 2 is 1.82 bits per heavy atom. The number of aliphatic hydroxyl groups is 1. The van der Waals surface area contributed by atoms with Crippen LogP contribution in [0.4, 0.5) is 0 Å². The van der Waals surface area contributed by atoms with E-state index in [2.05, 4.69) is 71.5 Å². The standard InChI is InChI=1S/C18H18N2O2.C11H19N3O4.C4H10/c1-12(19-18(21)17-11-13(2)22-20-17)10-15-8-5-7-14-6-3-4-9-16(14)15;15-6-9(14-10(17)5-12-7-16)4-8-2-1-3-13-11(8)18;1-4(2)3/h3-9,11-12H,10H2,1-2H3,(H,19,21);7-9,15H,1-6H2,(H,12,16)(H,13,18)(H,14,17);4H,1-3H3/t12-;8-,9-;/m10./s1. The Bertz CT molecular complexity index is 1330. The van der Waals surface area contributed by atoms with Crippen LogP contribution in [0, 0.1) is 18.8 Å². The number of aliphatic hydroxyl groups excluding tert-OH is 1. The smallest absolute Gasteiger partial charge is 0.273 e. The van der Waals surface area contributed by atoms with Crippen LogP contribution in [-0.4, -0.2) is 66.2 Å². The van der Waals surface area contributed by atoms with E-state index in [1.807, 2.05) is 25.1 Å². The summed E-state index contributed by atoms with van der Waals surface area (Å²) in [5.41, 5.74) is 1.55. The lowest BCUT2D eigenvalue weighted by Crippen LogP contribution is -2.46. The third-order valence-corrected chi connectivity index (χ3v) is 6.54. The van der Waals surface area contributed by atoms with Crippen LogP contribution in [0.1, 0.15) is 68.8 Å². The number of aromatic nitrogens is 1. The average molecular weight is 610 g/mol. The van der Waals surface area contributed by atoms with Crippen LogP contribution >= 0.6 is 0 Å². The molecular formula is C33H47N5O6. The minimum Gasteiger partial charge on any atom is -0.394 e. The molecule has 11 heteroatoms. The Balaban J connectivity index is 0.000000279. The third kappa shape index (κ3) is 12.9. The molecule has 1 aliphatic rings. The van der Waals surface area contributed by atoms with Gasteiger partial charge in [0.05, 0.1) is 19.2 Å². The lowest BCUT2D eigenvalue weighted by atomic mass is 9.92. The molecule has 2 heterocycles. The van der Waals surface area contributed by atoms with E-state index in [-0.39, 0.29) is 42.8 Å². The summed E-state index contributed by atoms with van der Waals surface area (Å²) in [6.07, 6.45) is 3.29. The normalized spacial score (nSPS) is 15.4. The van der Waals surface area contributed by atoms with Gasteiger partial charge in [-0.15, -0.1) is 0 Å². The highest BCUT2D eigenvalue weighted by molar-refractivity contribution is 5.92. The highest BCUT2D eigenvalue weighted by atomic mass is 16.5. The number of fused-ring (bicyclic) bond motifs is 1. The summed E-state index contributed by atoms with van der Waals surface area (Å²) in [5, 5.41) is 25.9. The lowest BCUT2D eigenvalue weighted by molar-refractivity contribution is -0.128. The second-order valence-corrected chi connectivity index (χ2v) is 11.6. The van der Waals surface area contributed by atoms with Crippen molar-refractivity contribution in [2.24, 2.45) is 11.8 Å². The highest BCUT2D eigenvalue weighted by Gasteiger charge is 2.25. The second-order valence-electron chi connectivity index (χ2n) is 11.6. The first kappa shape index (κ1) is 35.9. The molecule has 3 atom stereocenters. The van der Waals surface area contributed by atoms with Crippen molar-refractivity contribution in [3.8, 4) is 0 Å². The van der Waals surface area contributed by atoms with Crippen LogP contribution in [0.3, 0.4) is 0 Å². The predicted octanol–water partition coefficient (Wildman–Crippen LogP) is 3.29. The van der Waals surface area contributed by atoms with Gasteiger partial charge in [-0.25, -0.2) is 0 Å². The number of amides is 4. The zero-order chi connectivity index (χ0) is 32.5. The maximum Gasteiger partial charge on any atom is 0.273 e. The minimum atomic E-state index is -0.459. The van der Waals surface area contributed by atoms with E-state index in [1.165, 1.54) is 16.3 Å². The van der Waals surface area contributed by atoms with E-state index in [4.69, 9.17) is 4.52 Å². The van der Waals surface area contributed by atoms with Gasteiger partial charge in [0.2, 0.25) is 18.2 Å². The molecule has 0 unspecified atom stereocenters. The van der Waals surface area contributed by atoms with Gasteiger partial charge >= 0.3 is 0 Å². The van der Waals surface area contributed by atoms with Gasteiger partial charge in [-0.05, 0) is 61.8 Å². The Labute approximate surface area is 259 Å². The van der Waals surface area contributed by atoms with Gasteiger partial charge in [0.1, 0.15) is 5.76 Å². The van der Waals surface area contributed by atoms with Crippen molar-refractivity contribution in [3.63, 3.8) is 0 Å². The lowest BCUT2D eigenvalue weighted by Gasteiger charge is -2.25. The first-order valence-electron chi connectivity index (χ1n) is 15.1. The summed E-state index contributed by atoms with van der Waals surface area (Å²) in [5.74, 6) is 0.684. The molecule has 240 valence electrons. The monoisotopic (exact) mass is 609 g/mol. The van der Waals surface area contributed by atoms with E-state index in [1.54, 1.807) is 13.0 Å². The summed E-state index contributed by atoms with van der Waals surface area (Å²) >= 11 is 0. The molecule has 2 aromatic carbocycles. The molecule has 0 spiro atoms. The Morgan fingerprint density at radius 3 is 2.45 bits per heavy atom. The first-order valence-corrected chi connectivity index (χ1v) is 15.1. The van der Waals surface area contributed by atoms with Crippen LogP contribution in [0.5, 0.6) is 0 Å². The zero-order valence-corrected chi connectivity index (χ0v) is 26.4. The van der Waals surface area contributed by atoms with Gasteiger partial charge in [0.25, 0.3) is 5.91 Å². The highest BCUT2D eigenvalue weighted by Crippen LogP contribution is 2.20. The summed E-state index contributed by atoms with van der Waals surface area (Å²) in [6.45, 7) is 10.6. The quantitative estimate of drug-likeness (QED) is 0.208. The van der Waals surface area contributed by atoms with Crippen molar-refractivity contribution in [1.29, 1.82) is 0 Å². The first-order chi connectivity index (χ1) is 21.0. The van der Waals surface area contributed by atoms with E-state index >= 15 is 0 Å². The van der Waals surface area contributed by atoms with Crippen molar-refractivity contribution in [2.75, 3.05) is 19.7 Å². The number of carbonyl (C=O) groups is 4. The molecule has 1 aromatic heterocycles. The maximum atomic E-state index is 12.1. The van der Waals surface area contributed by atoms with Crippen LogP contribution in [0.15, 0.2) is 53.1 Å². The molecule has 5 N–H and O–H groups in total. The molecule has 1 fully saturated rings. The number of benzene rings is 2. The van der Waals surface area contributed by atoms with E-state index in [9.17, 15) is 24.3 Å². The van der Waals surface area contributed by atoms with Gasteiger partial charge in [0, 0.05) is 24.6 Å². The number of piperidine rings is 1. The fourth-order valence-electron chi connectivity index (χ4n) is 4.62. The van der Waals surface area contributed by atoms with E-state index < -0.39 is 6.04 Å². The van der Waals surface area contributed by atoms with Crippen LogP contribution in [0.25, 0.3) is 10.8 Å². The van der Waals surface area contributed by atoms with Crippen LogP contribution in [0.2, 0.25) is 0 Å². The Hall–Kier alpha value is -4.25. The Kier molecular flexibility index (Phi) is 15.6. The van der Waals surface area contributed by atoms with Gasteiger partial charge in [-0.2, -0.15) is 0 Å². The van der Waals surface area contributed by atoms with Crippen molar-refractivity contribution >= 4 is 34.9 Å². The number of aryl methyl sites for hydroxylation is 1. The van der Waals surface area contributed by atoms with Crippen molar-refractivity contribution in [3.05, 3.63) is 65.5 Å². The topological polar surface area (TPSA) is 163 Å². The third-order valence-electron chi connectivity index (χ3n) is 6.54. The average Bonchev–Trinajstić information content (AvgIpc) is 3.43. The molecular weight excluding hydrogens is 562 g/mol. The molecule has 0 aliphatic carbocycles. The summed E-state index contributed by atoms with van der Waals surface area (Å²) in [4.78, 5) is 45.0. The summed E-state index contributed by atoms with van der Waals surface area (Å²) in [6, 6.07) is 15.7. The van der Waals surface area contributed by atoms with Crippen LogP contribution in [-0.2, 0) is 20.8 Å². The summed E-state index contributed by atoms with van der Waals surface area (Å²) < 4.78 is 4.93. The van der Waals surface area contributed by atoms with E-state index in [0.717, 1.165) is 25.2 Å². The SMILES string of the molecule is CC(C)C.Cc1cc(C(=O)N[C@H](C)Cc2cccc3ccccc23)no1.O=CNCC(=O)N[C@H](CO)C[C@@H]1CCCNC1=O. The van der Waals surface area contributed by atoms with E-state index in [0.29, 0.717) is 30.8 Å². The molecule has 0 radical (unpaired) electrons. The maximum absolute atomic E-state index is 12.1. The molecule has 1 saturated heterocycles. The molecule has 11 nitrogen and oxygen atoms in total. The van der Waals surface area contributed by atoms with Crippen molar-refractivity contribution in [1.82, 2.24) is 26.4 Å². The minimum absolute atomic E-state index is 0.00955. The largest absolute Gasteiger partial charge is 0.394 e. The van der Waals surface area contributed by atoms with Gasteiger partial charge < -0.3 is 30.9 Å². The molecule has 4 amide bonds. The van der Waals surface area contributed by atoms with Crippen molar-refractivity contribution < 1.29 is 28.8 Å². The summed E-state index contributed by atoms with van der Waals surface area (Å²) in [7, 11) is 0. The second kappa shape index (κ2) is 19.1. The van der Waals surface area contributed by atoms with Crippen molar-refractivity contribution in [2.45, 2.75) is 72.4 Å².